The van der Waals surface area contributed by atoms with Gasteiger partial charge in [0.05, 0.1) is 35.7 Å². The van der Waals surface area contributed by atoms with Crippen LogP contribution in [0.1, 0.15) is 22.5 Å². The molecule has 20 heteroatoms. The van der Waals surface area contributed by atoms with Crippen LogP contribution in [0.4, 0.5) is 10.3 Å². The number of anilines is 2. The summed E-state index contributed by atoms with van der Waals surface area (Å²) in [5.74, 6) is 1.51. The number of sulfonamides is 2. The average molecular weight is 997 g/mol. The lowest BCUT2D eigenvalue weighted by molar-refractivity contribution is 0.384. The molecular weight excluding hydrogens is 955 g/mol. The Balaban J connectivity index is 0.000000187. The van der Waals surface area contributed by atoms with Crippen molar-refractivity contribution in [2.24, 2.45) is 0 Å². The minimum atomic E-state index is -3.61. The molecule has 4 heterocycles. The summed E-state index contributed by atoms with van der Waals surface area (Å²) in [6, 6.07) is 24.3. The van der Waals surface area contributed by atoms with Crippen LogP contribution in [0.2, 0.25) is 20.1 Å². The minimum absolute atomic E-state index is 0.150. The Bertz CT molecular complexity index is 2720. The molecule has 0 spiro atoms. The van der Waals surface area contributed by atoms with Crippen LogP contribution in [0.3, 0.4) is 0 Å². The van der Waals surface area contributed by atoms with Crippen LogP contribution in [0.5, 0.6) is 11.5 Å². The third-order valence-corrected chi connectivity index (χ3v) is 17.5. The van der Waals surface area contributed by atoms with Crippen molar-refractivity contribution < 1.29 is 26.3 Å². The predicted molar refractivity (Wildman–Crippen MR) is 251 cm³/mol. The van der Waals surface area contributed by atoms with Gasteiger partial charge < -0.3 is 19.3 Å². The van der Waals surface area contributed by atoms with Crippen LogP contribution in [0.15, 0.2) is 105 Å². The van der Waals surface area contributed by atoms with Gasteiger partial charge in [0, 0.05) is 97.6 Å². The van der Waals surface area contributed by atoms with E-state index >= 15 is 0 Å². The molecule has 2 aromatic heterocycles. The Morgan fingerprint density at radius 3 is 1.48 bits per heavy atom. The monoisotopic (exact) mass is 994 g/mol. The molecule has 2 saturated heterocycles. The fourth-order valence-corrected chi connectivity index (χ4v) is 13.0. The summed E-state index contributed by atoms with van der Waals surface area (Å²) in [5.41, 5.74) is 3.86. The number of hydrogen-bond donors (Lipinski definition) is 0. The minimum Gasteiger partial charge on any atom is -0.497 e. The fraction of sp³-hybridized carbons (Fsp3) is 0.286. The van der Waals surface area contributed by atoms with Crippen molar-refractivity contribution in [1.82, 2.24) is 18.6 Å². The number of methoxy groups -OCH3 is 2. The van der Waals surface area contributed by atoms with Gasteiger partial charge in [-0.25, -0.2) is 26.8 Å². The maximum Gasteiger partial charge on any atom is 0.244 e. The van der Waals surface area contributed by atoms with Crippen molar-refractivity contribution in [3.05, 3.63) is 138 Å². The van der Waals surface area contributed by atoms with Crippen molar-refractivity contribution in [1.29, 1.82) is 0 Å². The van der Waals surface area contributed by atoms with Crippen LogP contribution in [-0.4, -0.2) is 102 Å². The summed E-state index contributed by atoms with van der Waals surface area (Å²) in [5, 5.41) is 7.52. The number of hydrogen-bond acceptors (Lipinski definition) is 12. The van der Waals surface area contributed by atoms with E-state index in [9.17, 15) is 16.8 Å². The average Bonchev–Trinajstić information content (AvgIpc) is 3.95. The molecule has 2 aliphatic heterocycles. The number of thiazole rings is 2. The van der Waals surface area contributed by atoms with Crippen LogP contribution in [-0.2, 0) is 32.9 Å². The Morgan fingerprint density at radius 2 is 1.03 bits per heavy atom. The molecule has 62 heavy (non-hydrogen) atoms. The van der Waals surface area contributed by atoms with Gasteiger partial charge in [0.15, 0.2) is 10.3 Å². The van der Waals surface area contributed by atoms with Gasteiger partial charge in [0.25, 0.3) is 0 Å². The summed E-state index contributed by atoms with van der Waals surface area (Å²) in [6.45, 7) is 3.81. The summed E-state index contributed by atoms with van der Waals surface area (Å²) in [7, 11) is -3.96. The number of rotatable bonds is 12. The zero-order valence-electron chi connectivity index (χ0n) is 33.6. The lowest BCUT2D eigenvalue weighted by Gasteiger charge is -2.33. The first-order chi connectivity index (χ1) is 29.8. The molecule has 4 aromatic carbocycles. The van der Waals surface area contributed by atoms with E-state index in [1.54, 1.807) is 91.5 Å². The Morgan fingerprint density at radius 1 is 0.565 bits per heavy atom. The van der Waals surface area contributed by atoms with Gasteiger partial charge >= 0.3 is 0 Å². The topological polar surface area (TPSA) is 125 Å². The number of ether oxygens (including phenoxy) is 2. The molecule has 0 radical (unpaired) electrons. The summed E-state index contributed by atoms with van der Waals surface area (Å²) in [4.78, 5) is 14.0. The second-order valence-electron chi connectivity index (χ2n) is 14.2. The fourth-order valence-electron chi connectivity index (χ4n) is 6.92. The number of piperazine rings is 2. The van der Waals surface area contributed by atoms with E-state index in [2.05, 4.69) is 9.80 Å². The second kappa shape index (κ2) is 20.4. The van der Waals surface area contributed by atoms with E-state index in [0.717, 1.165) is 44.3 Å². The first kappa shape index (κ1) is 46.3. The normalized spacial score (nSPS) is 15.3. The SMILES string of the molecule is COc1ccc(Cc2csc(N3CCN(S(=O)(=O)c4ccccc4Cl)CC3)n2)c(OC)c1.O=S(=O)(c1ccccc1Cl)N1CCN(c2nc(Cc3ccc(Cl)cc3Cl)cs2)CC1. The van der Waals surface area contributed by atoms with Crippen molar-refractivity contribution in [2.75, 3.05) is 76.4 Å². The van der Waals surface area contributed by atoms with E-state index in [0.29, 0.717) is 75.2 Å². The Hall–Kier alpha value is -3.68. The van der Waals surface area contributed by atoms with Gasteiger partial charge in [-0.15, -0.1) is 22.7 Å². The molecule has 0 bridgehead atoms. The zero-order chi connectivity index (χ0) is 44.0. The van der Waals surface area contributed by atoms with Crippen LogP contribution in [0, 0.1) is 0 Å². The van der Waals surface area contributed by atoms with Gasteiger partial charge in [0.2, 0.25) is 20.0 Å². The standard InChI is InChI=1S/C22H24ClN3O4S2.C20H18Cl3N3O2S2/c1-29-18-8-7-16(20(14-18)30-2)13-17-15-31-22(24-17)25-9-11-26(12-10-25)32(27,28)21-6-4-3-5-19(21)23;21-15-6-5-14(18(23)12-15)11-16-13-29-20(24-16)25-7-9-26(10-8-25)30(27,28)19-4-2-1-3-17(19)22/h3-8,14-15H,9-13H2,1-2H3;1-6,12-13H,7-11H2. The van der Waals surface area contributed by atoms with Crippen molar-refractivity contribution >= 4 is 99.4 Å². The molecule has 328 valence electrons. The summed E-state index contributed by atoms with van der Waals surface area (Å²) in [6.07, 6.45) is 1.26. The van der Waals surface area contributed by atoms with E-state index in [1.165, 1.54) is 8.61 Å². The molecule has 12 nitrogen and oxygen atoms in total. The highest BCUT2D eigenvalue weighted by Crippen LogP contribution is 2.32. The first-order valence-corrected chi connectivity index (χ1v) is 25.4. The predicted octanol–water partition coefficient (Wildman–Crippen LogP) is 9.12. The highest BCUT2D eigenvalue weighted by atomic mass is 35.5. The summed E-state index contributed by atoms with van der Waals surface area (Å²) >= 11 is 27.6. The zero-order valence-corrected chi connectivity index (χ0v) is 39.9. The number of aromatic nitrogens is 2. The molecular formula is C42H42Cl4N6O6S4. The van der Waals surface area contributed by atoms with Gasteiger partial charge in [-0.2, -0.15) is 8.61 Å². The van der Waals surface area contributed by atoms with E-state index < -0.39 is 20.0 Å². The van der Waals surface area contributed by atoms with Gasteiger partial charge in [-0.05, 0) is 48.0 Å². The molecule has 0 N–H and O–H groups in total. The van der Waals surface area contributed by atoms with Gasteiger partial charge in [0.1, 0.15) is 21.3 Å². The summed E-state index contributed by atoms with van der Waals surface area (Å²) < 4.78 is 65.4. The molecule has 8 rings (SSSR count). The van der Waals surface area contributed by atoms with Crippen molar-refractivity contribution in [2.45, 2.75) is 22.6 Å². The molecule has 0 aliphatic carbocycles. The van der Waals surface area contributed by atoms with Crippen molar-refractivity contribution in [3.63, 3.8) is 0 Å². The Labute approximate surface area is 390 Å². The number of nitrogens with zero attached hydrogens (tertiary/aromatic N) is 6. The largest absolute Gasteiger partial charge is 0.497 e. The smallest absolute Gasteiger partial charge is 0.244 e. The molecule has 0 atom stereocenters. The van der Waals surface area contributed by atoms with Crippen LogP contribution in [0.25, 0.3) is 0 Å². The third kappa shape index (κ3) is 10.8. The van der Waals surface area contributed by atoms with E-state index in [-0.39, 0.29) is 19.8 Å². The highest BCUT2D eigenvalue weighted by Gasteiger charge is 2.32. The molecule has 0 saturated carbocycles. The van der Waals surface area contributed by atoms with E-state index in [1.807, 2.05) is 41.1 Å². The number of halogens is 4. The maximum atomic E-state index is 13.0. The van der Waals surface area contributed by atoms with Gasteiger partial charge in [-0.3, -0.25) is 0 Å². The van der Waals surface area contributed by atoms with Crippen molar-refractivity contribution in [3.8, 4) is 11.5 Å². The van der Waals surface area contributed by atoms with Crippen LogP contribution < -0.4 is 19.3 Å². The molecule has 2 aliphatic rings. The molecule has 0 unspecified atom stereocenters. The maximum absolute atomic E-state index is 13.0. The van der Waals surface area contributed by atoms with E-state index in [4.69, 9.17) is 65.8 Å². The Kier molecular flexibility index (Phi) is 15.3. The second-order valence-corrected chi connectivity index (χ2v) is 21.3. The molecule has 2 fully saturated rings. The molecule has 6 aromatic rings. The highest BCUT2D eigenvalue weighted by molar-refractivity contribution is 7.89. The lowest BCUT2D eigenvalue weighted by atomic mass is 10.1. The molecule has 0 amide bonds. The lowest BCUT2D eigenvalue weighted by Crippen LogP contribution is -2.48. The first-order valence-electron chi connectivity index (χ1n) is 19.3. The quantitative estimate of drug-likeness (QED) is 0.117. The van der Waals surface area contributed by atoms with Gasteiger partial charge in [-0.1, -0.05) is 82.8 Å². The van der Waals surface area contributed by atoms with Crippen LogP contribution >= 0.6 is 69.1 Å². The number of benzene rings is 4. The third-order valence-electron chi connectivity index (χ3n) is 10.3.